The van der Waals surface area contributed by atoms with Crippen LogP contribution in [0.4, 0.5) is 0 Å². The van der Waals surface area contributed by atoms with Crippen LogP contribution in [-0.4, -0.2) is 60.8 Å². The summed E-state index contributed by atoms with van der Waals surface area (Å²) < 4.78 is 6.36. The maximum Gasteiger partial charge on any atom is 0.0603 e. The summed E-state index contributed by atoms with van der Waals surface area (Å²) in [5, 5.41) is 0. The van der Waals surface area contributed by atoms with Gasteiger partial charge in [-0.25, -0.2) is 0 Å². The molecule has 0 N–H and O–H groups in total. The van der Waals surface area contributed by atoms with Crippen LogP contribution in [0.25, 0.3) is 0 Å². The summed E-state index contributed by atoms with van der Waals surface area (Å²) in [6.07, 6.45) is 8.64. The van der Waals surface area contributed by atoms with Crippen molar-refractivity contribution in [2.24, 2.45) is 0 Å². The molecule has 3 nitrogen and oxygen atoms in total. The quantitative estimate of drug-likeness (QED) is 0.744. The van der Waals surface area contributed by atoms with E-state index in [1.54, 1.807) is 0 Å². The van der Waals surface area contributed by atoms with Crippen molar-refractivity contribution in [1.82, 2.24) is 9.80 Å². The second-order valence-corrected chi connectivity index (χ2v) is 6.64. The lowest BCUT2D eigenvalue weighted by atomic mass is 10.0. The van der Waals surface area contributed by atoms with Crippen molar-refractivity contribution >= 4 is 0 Å². The highest BCUT2D eigenvalue weighted by Gasteiger charge is 2.26. The van der Waals surface area contributed by atoms with E-state index >= 15 is 0 Å². The highest BCUT2D eigenvalue weighted by Crippen LogP contribution is 2.22. The molecule has 0 saturated carbocycles. The number of piperidine rings is 2. The van der Waals surface area contributed by atoms with Crippen LogP contribution in [0.3, 0.4) is 0 Å². The molecule has 2 aliphatic heterocycles. The minimum absolute atomic E-state index is 0.526. The van der Waals surface area contributed by atoms with Crippen LogP contribution in [0.2, 0.25) is 0 Å². The second-order valence-electron chi connectivity index (χ2n) is 6.64. The molecule has 0 aromatic carbocycles. The van der Waals surface area contributed by atoms with Gasteiger partial charge in [0.15, 0.2) is 0 Å². The molecular weight excluding hydrogens is 248 g/mol. The van der Waals surface area contributed by atoms with Crippen molar-refractivity contribution in [3.8, 4) is 0 Å². The monoisotopic (exact) mass is 282 g/mol. The molecular formula is C17H34N2O. The van der Waals surface area contributed by atoms with Gasteiger partial charge in [-0.05, 0) is 45.6 Å². The van der Waals surface area contributed by atoms with Gasteiger partial charge < -0.3 is 14.5 Å². The lowest BCUT2D eigenvalue weighted by Gasteiger charge is -2.38. The van der Waals surface area contributed by atoms with Crippen LogP contribution < -0.4 is 0 Å². The van der Waals surface area contributed by atoms with Crippen molar-refractivity contribution in [2.75, 3.05) is 32.7 Å². The Morgan fingerprint density at radius 3 is 2.00 bits per heavy atom. The highest BCUT2D eigenvalue weighted by molar-refractivity contribution is 4.79. The Bertz CT molecular complexity index is 256. The fraction of sp³-hybridized carbons (Fsp3) is 1.00. The van der Waals surface area contributed by atoms with Crippen LogP contribution in [0.5, 0.6) is 0 Å². The molecule has 0 aromatic rings. The Kier molecular flexibility index (Phi) is 6.79. The van der Waals surface area contributed by atoms with E-state index in [0.29, 0.717) is 12.2 Å². The van der Waals surface area contributed by atoms with E-state index in [9.17, 15) is 0 Å². The maximum absolute atomic E-state index is 6.36. The summed E-state index contributed by atoms with van der Waals surface area (Å²) in [5.74, 6) is 0. The first kappa shape index (κ1) is 16.3. The van der Waals surface area contributed by atoms with Crippen LogP contribution in [-0.2, 0) is 4.74 Å². The van der Waals surface area contributed by atoms with Crippen molar-refractivity contribution < 1.29 is 4.74 Å². The van der Waals surface area contributed by atoms with Crippen molar-refractivity contribution in [2.45, 2.75) is 77.5 Å². The number of hydrogen-bond acceptors (Lipinski definition) is 3. The Hall–Kier alpha value is -0.120. The van der Waals surface area contributed by atoms with Gasteiger partial charge in [0.25, 0.3) is 0 Å². The number of hydrogen-bond donors (Lipinski definition) is 0. The lowest BCUT2D eigenvalue weighted by Crippen LogP contribution is -2.44. The molecule has 0 radical (unpaired) electrons. The lowest BCUT2D eigenvalue weighted by molar-refractivity contribution is -0.0678. The zero-order valence-corrected chi connectivity index (χ0v) is 13.8. The second kappa shape index (κ2) is 8.35. The first-order valence-electron chi connectivity index (χ1n) is 8.84. The normalized spacial score (nSPS) is 25.9. The average Bonchev–Trinajstić information content (AvgIpc) is 2.49. The highest BCUT2D eigenvalue weighted by atomic mass is 16.5. The van der Waals surface area contributed by atoms with Crippen molar-refractivity contribution in [3.63, 3.8) is 0 Å². The molecule has 2 heterocycles. The number of ether oxygens (including phenoxy) is 1. The summed E-state index contributed by atoms with van der Waals surface area (Å²) in [6, 6.07) is 0.758. The largest absolute Gasteiger partial charge is 0.375 e. The smallest absolute Gasteiger partial charge is 0.0603 e. The Balaban J connectivity index is 1.65. The maximum atomic E-state index is 6.36. The van der Waals surface area contributed by atoms with Gasteiger partial charge in [0, 0.05) is 32.2 Å². The van der Waals surface area contributed by atoms with Gasteiger partial charge >= 0.3 is 0 Å². The van der Waals surface area contributed by atoms with E-state index in [4.69, 9.17) is 4.74 Å². The number of likely N-dealkylation sites (tertiary alicyclic amines) is 2. The van der Waals surface area contributed by atoms with Crippen LogP contribution in [0.15, 0.2) is 0 Å². The molecule has 2 aliphatic rings. The Morgan fingerprint density at radius 2 is 1.50 bits per heavy atom. The Morgan fingerprint density at radius 1 is 0.950 bits per heavy atom. The van der Waals surface area contributed by atoms with Crippen LogP contribution in [0, 0.1) is 0 Å². The molecule has 20 heavy (non-hydrogen) atoms. The van der Waals surface area contributed by atoms with E-state index in [2.05, 4.69) is 30.6 Å². The van der Waals surface area contributed by atoms with Gasteiger partial charge in [-0.2, -0.15) is 0 Å². The predicted octanol–water partition coefficient (Wildman–Crippen LogP) is 3.14. The fourth-order valence-electron chi connectivity index (χ4n) is 3.69. The molecule has 0 amide bonds. The molecule has 0 spiro atoms. The summed E-state index contributed by atoms with van der Waals surface area (Å²) in [5.41, 5.74) is 0. The van der Waals surface area contributed by atoms with E-state index in [1.807, 2.05) is 0 Å². The predicted molar refractivity (Wildman–Crippen MR) is 85.2 cm³/mol. The SMILES string of the molecule is CCCC(C)N1CCC(OC2CCN(CC)CC2)CC1. The van der Waals surface area contributed by atoms with Crippen molar-refractivity contribution in [1.29, 1.82) is 0 Å². The van der Waals surface area contributed by atoms with Crippen LogP contribution in [0.1, 0.15) is 59.3 Å². The third-order valence-corrected chi connectivity index (χ3v) is 5.17. The minimum Gasteiger partial charge on any atom is -0.375 e. The third-order valence-electron chi connectivity index (χ3n) is 5.17. The van der Waals surface area contributed by atoms with Gasteiger partial charge in [0.2, 0.25) is 0 Å². The molecule has 0 bridgehead atoms. The molecule has 2 saturated heterocycles. The van der Waals surface area contributed by atoms with Gasteiger partial charge in [0.1, 0.15) is 0 Å². The van der Waals surface area contributed by atoms with Gasteiger partial charge in [-0.1, -0.05) is 20.3 Å². The molecule has 1 unspecified atom stereocenters. The number of rotatable bonds is 6. The molecule has 3 heteroatoms. The summed E-state index contributed by atoms with van der Waals surface area (Å²) in [4.78, 5) is 5.19. The van der Waals surface area contributed by atoms with E-state index in [1.165, 1.54) is 71.2 Å². The standard InChI is InChI=1S/C17H34N2O/c1-4-6-15(3)19-13-9-17(10-14-19)20-16-7-11-18(5-2)12-8-16/h15-17H,4-14H2,1-3H3. The summed E-state index contributed by atoms with van der Waals surface area (Å²) >= 11 is 0. The Labute approximate surface area is 125 Å². The van der Waals surface area contributed by atoms with Gasteiger partial charge in [-0.15, -0.1) is 0 Å². The average molecular weight is 282 g/mol. The van der Waals surface area contributed by atoms with E-state index in [-0.39, 0.29) is 0 Å². The van der Waals surface area contributed by atoms with Crippen molar-refractivity contribution in [3.05, 3.63) is 0 Å². The number of nitrogens with zero attached hydrogens (tertiary/aromatic N) is 2. The first-order chi connectivity index (χ1) is 9.72. The van der Waals surface area contributed by atoms with E-state index in [0.717, 1.165) is 6.04 Å². The van der Waals surface area contributed by atoms with Gasteiger partial charge in [0.05, 0.1) is 12.2 Å². The molecule has 2 fully saturated rings. The zero-order chi connectivity index (χ0) is 14.4. The zero-order valence-electron chi connectivity index (χ0n) is 13.8. The third kappa shape index (κ3) is 4.71. The van der Waals surface area contributed by atoms with E-state index < -0.39 is 0 Å². The molecule has 2 rings (SSSR count). The first-order valence-corrected chi connectivity index (χ1v) is 8.84. The summed E-state index contributed by atoms with van der Waals surface area (Å²) in [7, 11) is 0. The van der Waals surface area contributed by atoms with Gasteiger partial charge in [-0.3, -0.25) is 0 Å². The molecule has 118 valence electrons. The summed E-state index contributed by atoms with van der Waals surface area (Å²) in [6.45, 7) is 13.1. The minimum atomic E-state index is 0.526. The van der Waals surface area contributed by atoms with Crippen LogP contribution >= 0.6 is 0 Å². The fourth-order valence-corrected chi connectivity index (χ4v) is 3.69. The molecule has 0 aliphatic carbocycles. The topological polar surface area (TPSA) is 15.7 Å². The molecule has 0 aromatic heterocycles. The molecule has 1 atom stereocenters.